The summed E-state index contributed by atoms with van der Waals surface area (Å²) in [4.78, 5) is 0. The largest absolute Gasteiger partial charge is 0.207 e. The third kappa shape index (κ3) is 5.09. The molecule has 0 N–H and O–H groups in total. The van der Waals surface area contributed by atoms with E-state index in [4.69, 9.17) is 11.6 Å². The Kier molecular flexibility index (Phi) is 6.77. The van der Waals surface area contributed by atoms with Crippen LogP contribution in [0.15, 0.2) is 35.9 Å². The van der Waals surface area contributed by atoms with Crippen LogP contribution < -0.4 is 0 Å². The number of hydrogen-bond donors (Lipinski definition) is 0. The Bertz CT molecular complexity index is 505. The summed E-state index contributed by atoms with van der Waals surface area (Å²) in [5.74, 6) is 3.40. The lowest BCUT2D eigenvalue weighted by molar-refractivity contribution is 0.153. The first kappa shape index (κ1) is 18.0. The van der Waals surface area contributed by atoms with Crippen LogP contribution >= 0.6 is 11.6 Å². The normalized spacial score (nSPS) is 31.4. The van der Waals surface area contributed by atoms with E-state index in [0.717, 1.165) is 30.1 Å². The van der Waals surface area contributed by atoms with Crippen molar-refractivity contribution in [3.63, 3.8) is 0 Å². The highest BCUT2D eigenvalue weighted by molar-refractivity contribution is 6.25. The van der Waals surface area contributed by atoms with E-state index < -0.39 is 0 Å². The zero-order valence-electron chi connectivity index (χ0n) is 14.6. The van der Waals surface area contributed by atoms with Crippen LogP contribution in [0.4, 0.5) is 4.39 Å². The van der Waals surface area contributed by atoms with Gasteiger partial charge in [-0.3, -0.25) is 0 Å². The van der Waals surface area contributed by atoms with Gasteiger partial charge < -0.3 is 0 Å². The predicted octanol–water partition coefficient (Wildman–Crippen LogP) is 7.12. The molecule has 2 aliphatic rings. The van der Waals surface area contributed by atoms with Crippen LogP contribution in [-0.2, 0) is 6.42 Å². The van der Waals surface area contributed by atoms with Gasteiger partial charge in [0.15, 0.2) is 0 Å². The standard InChI is InChI=1S/C22H30ClF/c23-16-15-19-5-11-21(12-6-19)20-9-3-17(4-10-20)1-2-18-7-13-22(24)14-8-18/h7-8,13-17,19-21H,1-6,9-12H2/b16-15+. The molecule has 0 atom stereocenters. The van der Waals surface area contributed by atoms with Crippen molar-refractivity contribution in [3.05, 3.63) is 47.3 Å². The van der Waals surface area contributed by atoms with Crippen LogP contribution in [-0.4, -0.2) is 0 Å². The van der Waals surface area contributed by atoms with Gasteiger partial charge in [-0.2, -0.15) is 0 Å². The van der Waals surface area contributed by atoms with E-state index in [0.29, 0.717) is 0 Å². The van der Waals surface area contributed by atoms with Crippen molar-refractivity contribution in [2.45, 2.75) is 64.2 Å². The molecule has 132 valence electrons. The molecule has 0 spiro atoms. The molecule has 2 saturated carbocycles. The summed E-state index contributed by atoms with van der Waals surface area (Å²) in [5, 5.41) is 0. The van der Waals surface area contributed by atoms with Gasteiger partial charge in [0.25, 0.3) is 0 Å². The Morgan fingerprint density at radius 3 is 2.04 bits per heavy atom. The van der Waals surface area contributed by atoms with Gasteiger partial charge >= 0.3 is 0 Å². The zero-order chi connectivity index (χ0) is 16.8. The van der Waals surface area contributed by atoms with E-state index in [2.05, 4.69) is 6.08 Å². The summed E-state index contributed by atoms with van der Waals surface area (Å²) in [5.41, 5.74) is 2.99. The Balaban J connectivity index is 1.37. The van der Waals surface area contributed by atoms with E-state index in [1.54, 1.807) is 17.7 Å². The molecule has 0 aromatic heterocycles. The van der Waals surface area contributed by atoms with E-state index >= 15 is 0 Å². The van der Waals surface area contributed by atoms with Gasteiger partial charge in [-0.05, 0) is 92.7 Å². The molecule has 0 aliphatic heterocycles. The molecule has 1 aromatic carbocycles. The summed E-state index contributed by atoms with van der Waals surface area (Å²) < 4.78 is 13.0. The summed E-state index contributed by atoms with van der Waals surface area (Å²) in [6.07, 6.45) is 15.7. The van der Waals surface area contributed by atoms with Gasteiger partial charge in [0.1, 0.15) is 5.82 Å². The van der Waals surface area contributed by atoms with Crippen LogP contribution in [0.1, 0.15) is 63.4 Å². The lowest BCUT2D eigenvalue weighted by Gasteiger charge is -2.37. The molecule has 3 rings (SSSR count). The lowest BCUT2D eigenvalue weighted by atomic mass is 9.68. The number of benzene rings is 1. The Morgan fingerprint density at radius 1 is 0.875 bits per heavy atom. The summed E-state index contributed by atoms with van der Waals surface area (Å²) in [7, 11) is 0. The van der Waals surface area contributed by atoms with Gasteiger partial charge in [-0.15, -0.1) is 0 Å². The minimum absolute atomic E-state index is 0.129. The minimum Gasteiger partial charge on any atom is -0.207 e. The Morgan fingerprint density at radius 2 is 1.46 bits per heavy atom. The first-order valence-corrected chi connectivity index (χ1v) is 10.2. The molecule has 0 saturated heterocycles. The summed E-state index contributed by atoms with van der Waals surface area (Å²) in [6, 6.07) is 7.05. The highest BCUT2D eigenvalue weighted by atomic mass is 35.5. The van der Waals surface area contributed by atoms with Crippen molar-refractivity contribution in [2.75, 3.05) is 0 Å². The highest BCUT2D eigenvalue weighted by Gasteiger charge is 2.30. The molecule has 2 heteroatoms. The molecule has 0 nitrogen and oxygen atoms in total. The number of halogens is 2. The molecular formula is C22H30ClF. The quantitative estimate of drug-likeness (QED) is 0.531. The second-order valence-corrected chi connectivity index (χ2v) is 8.19. The number of aryl methyl sites for hydroxylation is 1. The molecule has 1 aromatic rings. The molecule has 0 radical (unpaired) electrons. The summed E-state index contributed by atoms with van der Waals surface area (Å²) >= 11 is 5.72. The van der Waals surface area contributed by atoms with Crippen LogP contribution in [0, 0.1) is 29.5 Å². The van der Waals surface area contributed by atoms with Crippen LogP contribution in [0.25, 0.3) is 0 Å². The molecule has 2 fully saturated rings. The smallest absolute Gasteiger partial charge is 0.123 e. The van der Waals surface area contributed by atoms with E-state index in [1.807, 2.05) is 12.1 Å². The third-order valence-corrected chi connectivity index (χ3v) is 6.62. The van der Waals surface area contributed by atoms with Gasteiger partial charge in [0.2, 0.25) is 0 Å². The maximum atomic E-state index is 13.0. The van der Waals surface area contributed by atoms with Gasteiger partial charge in [-0.1, -0.05) is 42.7 Å². The van der Waals surface area contributed by atoms with Crippen molar-refractivity contribution in [3.8, 4) is 0 Å². The van der Waals surface area contributed by atoms with Gasteiger partial charge in [0.05, 0.1) is 0 Å². The van der Waals surface area contributed by atoms with Crippen molar-refractivity contribution in [1.82, 2.24) is 0 Å². The van der Waals surface area contributed by atoms with Crippen LogP contribution in [0.2, 0.25) is 0 Å². The van der Waals surface area contributed by atoms with Gasteiger partial charge in [-0.25, -0.2) is 4.39 Å². The maximum Gasteiger partial charge on any atom is 0.123 e. The second-order valence-electron chi connectivity index (χ2n) is 7.94. The first-order chi connectivity index (χ1) is 11.7. The maximum absolute atomic E-state index is 13.0. The molecular weight excluding hydrogens is 319 g/mol. The first-order valence-electron chi connectivity index (χ1n) is 9.76. The lowest BCUT2D eigenvalue weighted by Crippen LogP contribution is -2.25. The highest BCUT2D eigenvalue weighted by Crippen LogP contribution is 2.42. The monoisotopic (exact) mass is 348 g/mol. The molecule has 2 aliphatic carbocycles. The SMILES string of the molecule is Fc1ccc(CCC2CCC(C3CCC(/C=C/Cl)CC3)CC2)cc1. The average molecular weight is 349 g/mol. The van der Waals surface area contributed by atoms with Crippen molar-refractivity contribution >= 4 is 11.6 Å². The summed E-state index contributed by atoms with van der Waals surface area (Å²) in [6.45, 7) is 0. The average Bonchev–Trinajstić information content (AvgIpc) is 2.63. The Labute approximate surface area is 151 Å². The molecule has 0 heterocycles. The van der Waals surface area contributed by atoms with Crippen LogP contribution in [0.3, 0.4) is 0 Å². The van der Waals surface area contributed by atoms with Crippen molar-refractivity contribution in [2.24, 2.45) is 23.7 Å². The molecule has 0 amide bonds. The fourth-order valence-corrected chi connectivity index (χ4v) is 5.09. The minimum atomic E-state index is -0.129. The molecule has 0 bridgehead atoms. The van der Waals surface area contributed by atoms with Crippen LogP contribution in [0.5, 0.6) is 0 Å². The number of rotatable bonds is 5. The van der Waals surface area contributed by atoms with E-state index in [9.17, 15) is 4.39 Å². The Hall–Kier alpha value is -0.820. The fraction of sp³-hybridized carbons (Fsp3) is 0.636. The van der Waals surface area contributed by atoms with E-state index in [-0.39, 0.29) is 5.82 Å². The predicted molar refractivity (Wildman–Crippen MR) is 101 cm³/mol. The van der Waals surface area contributed by atoms with Gasteiger partial charge in [0, 0.05) is 5.54 Å². The fourth-order valence-electron chi connectivity index (χ4n) is 4.88. The number of allylic oxidation sites excluding steroid dienone is 1. The molecule has 0 unspecified atom stereocenters. The van der Waals surface area contributed by atoms with E-state index in [1.165, 1.54) is 63.4 Å². The van der Waals surface area contributed by atoms with Crippen molar-refractivity contribution < 1.29 is 4.39 Å². The number of hydrogen-bond acceptors (Lipinski definition) is 0. The third-order valence-electron chi connectivity index (χ3n) is 6.47. The van der Waals surface area contributed by atoms with Crippen molar-refractivity contribution in [1.29, 1.82) is 0 Å². The zero-order valence-corrected chi connectivity index (χ0v) is 15.4. The molecule has 24 heavy (non-hydrogen) atoms. The second kappa shape index (κ2) is 9.04. The topological polar surface area (TPSA) is 0 Å².